The monoisotopic (exact) mass is 299 g/mol. The van der Waals surface area contributed by atoms with E-state index in [-0.39, 0.29) is 12.4 Å². The van der Waals surface area contributed by atoms with Crippen molar-refractivity contribution in [3.63, 3.8) is 0 Å². The Morgan fingerprint density at radius 1 is 1.58 bits per heavy atom. The predicted molar refractivity (Wildman–Crippen MR) is 79.8 cm³/mol. The summed E-state index contributed by atoms with van der Waals surface area (Å²) in [6.45, 7) is 6.29. The van der Waals surface area contributed by atoms with E-state index >= 15 is 0 Å². The molecule has 1 fully saturated rings. The molecule has 0 aliphatic carbocycles. The number of hydrogen-bond donors (Lipinski definition) is 1. The van der Waals surface area contributed by atoms with E-state index in [0.717, 1.165) is 42.5 Å². The first-order valence-corrected chi connectivity index (χ1v) is 7.14. The predicted octanol–water partition coefficient (Wildman–Crippen LogP) is 2.62. The lowest BCUT2D eigenvalue weighted by Gasteiger charge is -2.30. The lowest BCUT2D eigenvalue weighted by Crippen LogP contribution is -2.48. The first kappa shape index (κ1) is 14.5. The Morgan fingerprint density at radius 3 is 3.21 bits per heavy atom. The highest BCUT2D eigenvalue weighted by Gasteiger charge is 2.17. The van der Waals surface area contributed by atoms with Gasteiger partial charge in [0.05, 0.1) is 10.6 Å². The van der Waals surface area contributed by atoms with E-state index in [4.69, 9.17) is 4.52 Å². The van der Waals surface area contributed by atoms with Crippen molar-refractivity contribution in [2.24, 2.45) is 0 Å². The van der Waals surface area contributed by atoms with Gasteiger partial charge in [-0.05, 0) is 18.4 Å². The van der Waals surface area contributed by atoms with E-state index in [0.29, 0.717) is 6.04 Å². The van der Waals surface area contributed by atoms with Crippen molar-refractivity contribution < 1.29 is 4.52 Å². The number of nitrogens with one attached hydrogen (secondary N) is 1. The third-order valence-corrected chi connectivity index (χ3v) is 4.05. The van der Waals surface area contributed by atoms with E-state index in [9.17, 15) is 0 Å². The van der Waals surface area contributed by atoms with Crippen molar-refractivity contribution >= 4 is 23.7 Å². The maximum atomic E-state index is 5.40. The first-order valence-electron chi connectivity index (χ1n) is 6.26. The van der Waals surface area contributed by atoms with Crippen LogP contribution in [0.2, 0.25) is 0 Å². The number of halogens is 1. The van der Waals surface area contributed by atoms with E-state index in [2.05, 4.69) is 39.8 Å². The lowest BCUT2D eigenvalue weighted by molar-refractivity contribution is 0.195. The molecule has 1 atom stereocenters. The summed E-state index contributed by atoms with van der Waals surface area (Å²) in [7, 11) is 0. The van der Waals surface area contributed by atoms with Gasteiger partial charge in [0, 0.05) is 38.3 Å². The van der Waals surface area contributed by atoms with Gasteiger partial charge in [-0.3, -0.25) is 4.90 Å². The van der Waals surface area contributed by atoms with Gasteiger partial charge in [0.15, 0.2) is 5.76 Å². The summed E-state index contributed by atoms with van der Waals surface area (Å²) in [4.78, 5) is 3.56. The SMILES string of the molecule is CC1CN(Cc2cc(-c3cccs3)on2)CCN1.Cl. The minimum absolute atomic E-state index is 0. The quantitative estimate of drug-likeness (QED) is 0.946. The largest absolute Gasteiger partial charge is 0.355 e. The highest BCUT2D eigenvalue weighted by molar-refractivity contribution is 7.13. The second-order valence-electron chi connectivity index (χ2n) is 4.75. The lowest BCUT2D eigenvalue weighted by atomic mass is 10.2. The van der Waals surface area contributed by atoms with Crippen molar-refractivity contribution in [3.8, 4) is 10.6 Å². The molecule has 3 rings (SSSR count). The van der Waals surface area contributed by atoms with E-state index in [1.54, 1.807) is 11.3 Å². The molecule has 1 unspecified atom stereocenters. The number of nitrogens with zero attached hydrogens (tertiary/aromatic N) is 2. The number of rotatable bonds is 3. The molecule has 0 amide bonds. The molecule has 4 nitrogen and oxygen atoms in total. The summed E-state index contributed by atoms with van der Waals surface area (Å²) in [5.41, 5.74) is 1.02. The molecule has 1 aliphatic rings. The molecule has 0 spiro atoms. The summed E-state index contributed by atoms with van der Waals surface area (Å²) in [6.07, 6.45) is 0. The number of aromatic nitrogens is 1. The van der Waals surface area contributed by atoms with Gasteiger partial charge in [0.1, 0.15) is 0 Å². The molecule has 2 aromatic rings. The van der Waals surface area contributed by atoms with Crippen LogP contribution in [0.5, 0.6) is 0 Å². The van der Waals surface area contributed by atoms with Gasteiger partial charge in [-0.25, -0.2) is 0 Å². The fourth-order valence-electron chi connectivity index (χ4n) is 2.31. The Labute approximate surface area is 123 Å². The van der Waals surface area contributed by atoms with Crippen LogP contribution >= 0.6 is 23.7 Å². The number of thiophene rings is 1. The Kier molecular flexibility index (Phi) is 4.99. The van der Waals surface area contributed by atoms with Gasteiger partial charge < -0.3 is 9.84 Å². The van der Waals surface area contributed by atoms with Crippen molar-refractivity contribution in [2.75, 3.05) is 19.6 Å². The Bertz CT molecular complexity index is 500. The molecule has 1 saturated heterocycles. The smallest absolute Gasteiger partial charge is 0.177 e. The number of piperazine rings is 1. The van der Waals surface area contributed by atoms with Crippen LogP contribution in [-0.4, -0.2) is 35.7 Å². The Balaban J connectivity index is 0.00000133. The highest BCUT2D eigenvalue weighted by atomic mass is 35.5. The molecule has 19 heavy (non-hydrogen) atoms. The maximum absolute atomic E-state index is 5.40. The van der Waals surface area contributed by atoms with Gasteiger partial charge in [0.25, 0.3) is 0 Å². The van der Waals surface area contributed by atoms with Gasteiger partial charge in [-0.15, -0.1) is 23.7 Å². The second-order valence-corrected chi connectivity index (χ2v) is 5.70. The van der Waals surface area contributed by atoms with Crippen LogP contribution in [0.4, 0.5) is 0 Å². The van der Waals surface area contributed by atoms with Gasteiger partial charge in [-0.1, -0.05) is 11.2 Å². The summed E-state index contributed by atoms with van der Waals surface area (Å²) in [5, 5.41) is 9.65. The average molecular weight is 300 g/mol. The fourth-order valence-corrected chi connectivity index (χ4v) is 2.98. The number of hydrogen-bond acceptors (Lipinski definition) is 5. The zero-order valence-corrected chi connectivity index (χ0v) is 12.5. The third kappa shape index (κ3) is 3.57. The molecule has 0 radical (unpaired) electrons. The van der Waals surface area contributed by atoms with Crippen molar-refractivity contribution in [1.29, 1.82) is 0 Å². The minimum atomic E-state index is 0. The van der Waals surface area contributed by atoms with E-state index in [1.165, 1.54) is 0 Å². The van der Waals surface area contributed by atoms with Crippen molar-refractivity contribution in [3.05, 3.63) is 29.3 Å². The van der Waals surface area contributed by atoms with Crippen LogP contribution in [0, 0.1) is 0 Å². The van der Waals surface area contributed by atoms with Crippen molar-refractivity contribution in [1.82, 2.24) is 15.4 Å². The Hall–Kier alpha value is -0.880. The van der Waals surface area contributed by atoms with Crippen LogP contribution in [0.15, 0.2) is 28.1 Å². The van der Waals surface area contributed by atoms with Gasteiger partial charge >= 0.3 is 0 Å². The molecular formula is C13H18ClN3OS. The first-order chi connectivity index (χ1) is 8.81. The highest BCUT2D eigenvalue weighted by Crippen LogP contribution is 2.25. The summed E-state index contributed by atoms with van der Waals surface area (Å²) < 4.78 is 5.40. The topological polar surface area (TPSA) is 41.3 Å². The third-order valence-electron chi connectivity index (χ3n) is 3.16. The van der Waals surface area contributed by atoms with Crippen LogP contribution in [0.25, 0.3) is 10.6 Å². The molecule has 1 aliphatic heterocycles. The van der Waals surface area contributed by atoms with Crippen molar-refractivity contribution in [2.45, 2.75) is 19.5 Å². The molecular weight excluding hydrogens is 282 g/mol. The minimum Gasteiger partial charge on any atom is -0.355 e. The molecule has 6 heteroatoms. The molecule has 0 aromatic carbocycles. The molecule has 0 bridgehead atoms. The average Bonchev–Trinajstić information content (AvgIpc) is 2.98. The van der Waals surface area contributed by atoms with Gasteiger partial charge in [-0.2, -0.15) is 0 Å². The van der Waals surface area contributed by atoms with Crippen LogP contribution in [-0.2, 0) is 6.54 Å². The summed E-state index contributed by atoms with van der Waals surface area (Å²) >= 11 is 1.68. The van der Waals surface area contributed by atoms with Crippen LogP contribution < -0.4 is 5.32 Å². The summed E-state index contributed by atoms with van der Waals surface area (Å²) in [6, 6.07) is 6.70. The van der Waals surface area contributed by atoms with E-state index in [1.807, 2.05) is 6.07 Å². The Morgan fingerprint density at radius 2 is 2.47 bits per heavy atom. The zero-order chi connectivity index (χ0) is 12.4. The zero-order valence-electron chi connectivity index (χ0n) is 10.8. The molecule has 1 N–H and O–H groups in total. The maximum Gasteiger partial charge on any atom is 0.177 e. The molecule has 2 aromatic heterocycles. The molecule has 3 heterocycles. The molecule has 0 saturated carbocycles. The normalized spacial score (nSPS) is 20.2. The van der Waals surface area contributed by atoms with E-state index < -0.39 is 0 Å². The summed E-state index contributed by atoms with van der Waals surface area (Å²) in [5.74, 6) is 0.878. The standard InChI is InChI=1S/C13H17N3OS.ClH/c1-10-8-16(5-4-14-10)9-11-7-12(17-15-11)13-3-2-6-18-13;/h2-3,6-7,10,14H,4-5,8-9H2,1H3;1H. The van der Waals surface area contributed by atoms with Crippen LogP contribution in [0.3, 0.4) is 0 Å². The van der Waals surface area contributed by atoms with Crippen LogP contribution in [0.1, 0.15) is 12.6 Å². The van der Waals surface area contributed by atoms with Gasteiger partial charge in [0.2, 0.25) is 0 Å². The molecule has 104 valence electrons. The second kappa shape index (κ2) is 6.52. The fraction of sp³-hybridized carbons (Fsp3) is 0.462.